The Labute approximate surface area is 108 Å². The third kappa shape index (κ3) is 3.82. The van der Waals surface area contributed by atoms with E-state index in [0.29, 0.717) is 0 Å². The summed E-state index contributed by atoms with van der Waals surface area (Å²) in [5.41, 5.74) is 1.24. The molecular formula is C14H20N2O2. The number of piperazine rings is 1. The Morgan fingerprint density at radius 3 is 2.78 bits per heavy atom. The van der Waals surface area contributed by atoms with Crippen LogP contribution in [0.2, 0.25) is 0 Å². The smallest absolute Gasteiger partial charge is 0.157 e. The van der Waals surface area contributed by atoms with Gasteiger partial charge in [-0.15, -0.1) is 0 Å². The maximum Gasteiger partial charge on any atom is 0.157 e. The van der Waals surface area contributed by atoms with Gasteiger partial charge in [-0.3, -0.25) is 9.69 Å². The van der Waals surface area contributed by atoms with E-state index >= 15 is 0 Å². The number of hydrogen-bond donors (Lipinski definition) is 0. The molecule has 1 saturated heterocycles. The van der Waals surface area contributed by atoms with Crippen molar-refractivity contribution in [3.63, 3.8) is 0 Å². The van der Waals surface area contributed by atoms with Crippen LogP contribution in [0.15, 0.2) is 24.3 Å². The fourth-order valence-corrected chi connectivity index (χ4v) is 2.13. The average molecular weight is 248 g/mol. The molecule has 2 rings (SSSR count). The predicted molar refractivity (Wildman–Crippen MR) is 70.8 cm³/mol. The molecule has 0 saturated carbocycles. The normalized spacial score (nSPS) is 17.6. The molecule has 1 aliphatic heterocycles. The fraction of sp³-hybridized carbons (Fsp3) is 0.500. The molecule has 4 nitrogen and oxygen atoms in total. The molecule has 1 heterocycles. The largest absolute Gasteiger partial charge is 0.486 e. The molecule has 0 aromatic heterocycles. The van der Waals surface area contributed by atoms with Crippen LogP contribution in [-0.4, -0.2) is 55.9 Å². The van der Waals surface area contributed by atoms with Gasteiger partial charge in [-0.2, -0.15) is 0 Å². The molecule has 1 fully saturated rings. The number of aldehydes is 1. The fourth-order valence-electron chi connectivity index (χ4n) is 2.13. The van der Waals surface area contributed by atoms with Gasteiger partial charge >= 0.3 is 0 Å². The van der Waals surface area contributed by atoms with Gasteiger partial charge in [-0.05, 0) is 24.7 Å². The Morgan fingerprint density at radius 1 is 1.28 bits per heavy atom. The molecule has 0 atom stereocenters. The SMILES string of the molecule is CN1CCN(Cc2cccc(OCC=O)c2)CC1. The minimum Gasteiger partial charge on any atom is -0.486 e. The molecule has 0 bridgehead atoms. The summed E-state index contributed by atoms with van der Waals surface area (Å²) in [5, 5.41) is 0. The first-order chi connectivity index (χ1) is 8.78. The highest BCUT2D eigenvalue weighted by Crippen LogP contribution is 2.15. The Hall–Kier alpha value is -1.39. The molecule has 1 aromatic carbocycles. The lowest BCUT2D eigenvalue weighted by atomic mass is 10.2. The Kier molecular flexibility index (Phi) is 4.73. The van der Waals surface area contributed by atoms with Crippen LogP contribution in [0.25, 0.3) is 0 Å². The number of likely N-dealkylation sites (N-methyl/N-ethyl adjacent to an activating group) is 1. The second-order valence-corrected chi connectivity index (χ2v) is 4.70. The molecule has 0 N–H and O–H groups in total. The zero-order chi connectivity index (χ0) is 12.8. The van der Waals surface area contributed by atoms with Crippen LogP contribution in [0.1, 0.15) is 5.56 Å². The first kappa shape index (κ1) is 13.1. The van der Waals surface area contributed by atoms with Gasteiger partial charge in [0.2, 0.25) is 0 Å². The van der Waals surface area contributed by atoms with Gasteiger partial charge in [-0.25, -0.2) is 0 Å². The van der Waals surface area contributed by atoms with E-state index in [1.807, 2.05) is 18.2 Å². The zero-order valence-electron chi connectivity index (χ0n) is 10.8. The highest BCUT2D eigenvalue weighted by molar-refractivity contribution is 5.51. The van der Waals surface area contributed by atoms with Crippen molar-refractivity contribution in [2.24, 2.45) is 0 Å². The number of benzene rings is 1. The molecule has 1 aliphatic rings. The van der Waals surface area contributed by atoms with Crippen LogP contribution in [0.4, 0.5) is 0 Å². The van der Waals surface area contributed by atoms with Crippen LogP contribution in [-0.2, 0) is 11.3 Å². The van der Waals surface area contributed by atoms with E-state index in [1.54, 1.807) is 0 Å². The van der Waals surface area contributed by atoms with Crippen molar-refractivity contribution in [2.75, 3.05) is 39.8 Å². The molecule has 0 spiro atoms. The molecule has 98 valence electrons. The number of rotatable bonds is 5. The van der Waals surface area contributed by atoms with Gasteiger partial charge in [0.1, 0.15) is 12.4 Å². The maximum atomic E-state index is 10.3. The lowest BCUT2D eigenvalue weighted by molar-refractivity contribution is -0.109. The minimum absolute atomic E-state index is 0.123. The van der Waals surface area contributed by atoms with Crippen LogP contribution < -0.4 is 4.74 Å². The van der Waals surface area contributed by atoms with Crippen LogP contribution in [0, 0.1) is 0 Å². The third-order valence-corrected chi connectivity index (χ3v) is 3.22. The van der Waals surface area contributed by atoms with Crippen molar-refractivity contribution in [3.8, 4) is 5.75 Å². The van der Waals surface area contributed by atoms with Crippen molar-refractivity contribution >= 4 is 6.29 Å². The standard InChI is InChI=1S/C14H20N2O2/c1-15-5-7-16(8-6-15)12-13-3-2-4-14(11-13)18-10-9-17/h2-4,9,11H,5-8,10,12H2,1H3. The van der Waals surface area contributed by atoms with E-state index in [1.165, 1.54) is 5.56 Å². The zero-order valence-corrected chi connectivity index (χ0v) is 10.8. The third-order valence-electron chi connectivity index (χ3n) is 3.22. The minimum atomic E-state index is 0.123. The number of hydrogen-bond acceptors (Lipinski definition) is 4. The van der Waals surface area contributed by atoms with E-state index < -0.39 is 0 Å². The summed E-state index contributed by atoms with van der Waals surface area (Å²) < 4.78 is 5.31. The molecule has 0 radical (unpaired) electrons. The van der Waals surface area contributed by atoms with Gasteiger partial charge in [0.25, 0.3) is 0 Å². The van der Waals surface area contributed by atoms with Gasteiger partial charge < -0.3 is 9.64 Å². The molecular weight excluding hydrogens is 228 g/mol. The van der Waals surface area contributed by atoms with Crippen molar-refractivity contribution in [3.05, 3.63) is 29.8 Å². The van der Waals surface area contributed by atoms with Crippen molar-refractivity contribution < 1.29 is 9.53 Å². The second-order valence-electron chi connectivity index (χ2n) is 4.70. The van der Waals surface area contributed by atoms with Gasteiger partial charge in [0.15, 0.2) is 6.29 Å². The topological polar surface area (TPSA) is 32.8 Å². The maximum absolute atomic E-state index is 10.3. The Bertz CT molecular complexity index is 387. The molecule has 18 heavy (non-hydrogen) atoms. The van der Waals surface area contributed by atoms with Gasteiger partial charge in [0, 0.05) is 32.7 Å². The number of ether oxygens (including phenoxy) is 1. The van der Waals surface area contributed by atoms with E-state index in [0.717, 1.165) is 44.8 Å². The summed E-state index contributed by atoms with van der Waals surface area (Å²) in [4.78, 5) is 15.1. The summed E-state index contributed by atoms with van der Waals surface area (Å²) in [6, 6.07) is 7.98. The summed E-state index contributed by atoms with van der Waals surface area (Å²) >= 11 is 0. The molecule has 1 aromatic rings. The second kappa shape index (κ2) is 6.52. The van der Waals surface area contributed by atoms with Crippen LogP contribution in [0.5, 0.6) is 5.75 Å². The number of nitrogens with zero attached hydrogens (tertiary/aromatic N) is 2. The molecule has 0 amide bonds. The number of carbonyl (C=O) groups is 1. The first-order valence-corrected chi connectivity index (χ1v) is 6.34. The summed E-state index contributed by atoms with van der Waals surface area (Å²) in [7, 11) is 2.16. The first-order valence-electron chi connectivity index (χ1n) is 6.34. The van der Waals surface area contributed by atoms with E-state index in [2.05, 4.69) is 22.9 Å². The van der Waals surface area contributed by atoms with Crippen LogP contribution >= 0.6 is 0 Å². The lowest BCUT2D eigenvalue weighted by Gasteiger charge is -2.32. The average Bonchev–Trinajstić information content (AvgIpc) is 2.40. The highest BCUT2D eigenvalue weighted by atomic mass is 16.5. The highest BCUT2D eigenvalue weighted by Gasteiger charge is 2.13. The van der Waals surface area contributed by atoms with E-state index in [4.69, 9.17) is 4.74 Å². The summed E-state index contributed by atoms with van der Waals surface area (Å²) in [6.07, 6.45) is 0.771. The predicted octanol–water partition coefficient (Wildman–Crippen LogP) is 1.01. The van der Waals surface area contributed by atoms with Gasteiger partial charge in [-0.1, -0.05) is 12.1 Å². The monoisotopic (exact) mass is 248 g/mol. The van der Waals surface area contributed by atoms with Crippen molar-refractivity contribution in [1.82, 2.24) is 9.80 Å². The van der Waals surface area contributed by atoms with Crippen molar-refractivity contribution in [2.45, 2.75) is 6.54 Å². The molecule has 0 aliphatic carbocycles. The number of carbonyl (C=O) groups excluding carboxylic acids is 1. The lowest BCUT2D eigenvalue weighted by Crippen LogP contribution is -2.43. The van der Waals surface area contributed by atoms with E-state index in [-0.39, 0.29) is 6.61 Å². The Morgan fingerprint density at radius 2 is 2.06 bits per heavy atom. The molecule has 0 unspecified atom stereocenters. The van der Waals surface area contributed by atoms with Crippen LogP contribution in [0.3, 0.4) is 0 Å². The summed E-state index contributed by atoms with van der Waals surface area (Å²) in [6.45, 7) is 5.54. The van der Waals surface area contributed by atoms with Crippen molar-refractivity contribution in [1.29, 1.82) is 0 Å². The summed E-state index contributed by atoms with van der Waals surface area (Å²) in [5.74, 6) is 0.772. The molecule has 4 heteroatoms. The Balaban J connectivity index is 1.90. The quantitative estimate of drug-likeness (QED) is 0.728. The van der Waals surface area contributed by atoms with E-state index in [9.17, 15) is 4.79 Å². The van der Waals surface area contributed by atoms with Gasteiger partial charge in [0.05, 0.1) is 0 Å².